The monoisotopic (exact) mass is 327 g/mol. The smallest absolute Gasteiger partial charge is 0.255 e. The fourth-order valence-electron chi connectivity index (χ4n) is 4.19. The van der Waals surface area contributed by atoms with Gasteiger partial charge in [0.25, 0.3) is 5.91 Å². The van der Waals surface area contributed by atoms with E-state index >= 15 is 0 Å². The zero-order valence-electron chi connectivity index (χ0n) is 13.6. The van der Waals surface area contributed by atoms with Gasteiger partial charge in [0.2, 0.25) is 10.0 Å². The van der Waals surface area contributed by atoms with Crippen LogP contribution in [0.25, 0.3) is 0 Å². The zero-order chi connectivity index (χ0) is 16.1. The lowest BCUT2D eigenvalue weighted by Crippen LogP contribution is -2.45. The Labute approximate surface area is 132 Å². The van der Waals surface area contributed by atoms with E-state index in [0.29, 0.717) is 19.5 Å². The highest BCUT2D eigenvalue weighted by molar-refractivity contribution is 7.89. The topological polar surface area (TPSA) is 70.1 Å². The van der Waals surface area contributed by atoms with Gasteiger partial charge < -0.3 is 4.90 Å². The van der Waals surface area contributed by atoms with E-state index in [0.717, 1.165) is 25.1 Å². The summed E-state index contributed by atoms with van der Waals surface area (Å²) in [6.07, 6.45) is 3.21. The lowest BCUT2D eigenvalue weighted by atomic mass is 9.85. The summed E-state index contributed by atoms with van der Waals surface area (Å²) in [6.45, 7) is 4.86. The van der Waals surface area contributed by atoms with Gasteiger partial charge >= 0.3 is 0 Å². The molecule has 0 unspecified atom stereocenters. The number of nitrogens with zero attached hydrogens (tertiary/aromatic N) is 3. The van der Waals surface area contributed by atoms with Crippen LogP contribution in [0.15, 0.2) is 4.99 Å². The Kier molecular flexibility index (Phi) is 3.84. The second-order valence-corrected chi connectivity index (χ2v) is 8.93. The van der Waals surface area contributed by atoms with Crippen LogP contribution in [0.4, 0.5) is 0 Å². The van der Waals surface area contributed by atoms with Crippen LogP contribution in [-0.2, 0) is 14.8 Å². The number of hydrogen-bond acceptors (Lipinski definition) is 4. The molecule has 1 saturated heterocycles. The Morgan fingerprint density at radius 3 is 2.68 bits per heavy atom. The first kappa shape index (κ1) is 15.9. The number of aliphatic imine (C=N–C) groups is 1. The van der Waals surface area contributed by atoms with Crippen LogP contribution < -0.4 is 0 Å². The van der Waals surface area contributed by atoms with E-state index in [-0.39, 0.29) is 23.5 Å². The molecule has 0 aromatic rings. The number of carbonyl (C=O) groups is 1. The summed E-state index contributed by atoms with van der Waals surface area (Å²) >= 11 is 0. The molecule has 0 aromatic heterocycles. The van der Waals surface area contributed by atoms with E-state index in [4.69, 9.17) is 0 Å². The van der Waals surface area contributed by atoms with Crippen molar-refractivity contribution in [1.82, 2.24) is 9.21 Å². The third kappa shape index (κ3) is 2.21. The molecule has 0 N–H and O–H groups in total. The standard InChI is InChI=1S/C15H25N3O3S/c1-4-5-8-22(20,21)18-9-12-6-7-15(13(12)10-18)14(19)17(3)11(2)16-15/h12-13H,4-10H2,1-3H3/t12-,13+,15-/m0/s1. The van der Waals surface area contributed by atoms with Gasteiger partial charge in [-0.2, -0.15) is 0 Å². The summed E-state index contributed by atoms with van der Waals surface area (Å²) in [5, 5.41) is 0. The molecule has 0 bridgehead atoms. The second-order valence-electron chi connectivity index (χ2n) is 6.84. The fraction of sp³-hybridized carbons (Fsp3) is 0.867. The third-order valence-electron chi connectivity index (χ3n) is 5.59. The van der Waals surface area contributed by atoms with E-state index in [2.05, 4.69) is 4.99 Å². The average molecular weight is 327 g/mol. The van der Waals surface area contributed by atoms with Crippen molar-refractivity contribution in [3.63, 3.8) is 0 Å². The molecule has 1 amide bonds. The highest BCUT2D eigenvalue weighted by atomic mass is 32.2. The second kappa shape index (κ2) is 5.30. The molecule has 0 radical (unpaired) electrons. The van der Waals surface area contributed by atoms with Crippen LogP contribution in [0.2, 0.25) is 0 Å². The number of hydrogen-bond donors (Lipinski definition) is 0. The Hall–Kier alpha value is -0.950. The van der Waals surface area contributed by atoms with Gasteiger partial charge in [-0.3, -0.25) is 9.79 Å². The van der Waals surface area contributed by atoms with Crippen LogP contribution in [0.1, 0.15) is 39.5 Å². The predicted molar refractivity (Wildman–Crippen MR) is 85.1 cm³/mol. The minimum atomic E-state index is -3.19. The Balaban J connectivity index is 1.82. The summed E-state index contributed by atoms with van der Waals surface area (Å²) in [6, 6.07) is 0. The number of likely N-dealkylation sites (N-methyl/N-ethyl adjacent to an activating group) is 1. The van der Waals surface area contributed by atoms with E-state index < -0.39 is 15.6 Å². The minimum Gasteiger partial charge on any atom is -0.302 e. The van der Waals surface area contributed by atoms with Gasteiger partial charge in [-0.15, -0.1) is 0 Å². The Morgan fingerprint density at radius 2 is 2.09 bits per heavy atom. The maximum absolute atomic E-state index is 12.7. The lowest BCUT2D eigenvalue weighted by Gasteiger charge is -2.27. The average Bonchev–Trinajstić information content (AvgIpc) is 3.10. The molecule has 3 aliphatic rings. The maximum atomic E-state index is 12.7. The molecular weight excluding hydrogens is 302 g/mol. The number of unbranched alkanes of at least 4 members (excludes halogenated alkanes) is 1. The molecule has 1 spiro atoms. The number of carbonyl (C=O) groups excluding carboxylic acids is 1. The highest BCUT2D eigenvalue weighted by Gasteiger charge is 2.61. The van der Waals surface area contributed by atoms with Gasteiger partial charge in [-0.25, -0.2) is 12.7 Å². The van der Waals surface area contributed by atoms with E-state index in [1.807, 2.05) is 13.8 Å². The maximum Gasteiger partial charge on any atom is 0.255 e. The number of amides is 1. The van der Waals surface area contributed by atoms with E-state index in [9.17, 15) is 13.2 Å². The normalized spacial score (nSPS) is 35.5. The predicted octanol–water partition coefficient (Wildman–Crippen LogP) is 1.09. The van der Waals surface area contributed by atoms with Gasteiger partial charge in [0, 0.05) is 26.1 Å². The first-order chi connectivity index (χ1) is 10.3. The van der Waals surface area contributed by atoms with Gasteiger partial charge in [0.05, 0.1) is 5.75 Å². The summed E-state index contributed by atoms with van der Waals surface area (Å²) in [5.74, 6) is 1.31. The lowest BCUT2D eigenvalue weighted by molar-refractivity contribution is -0.131. The van der Waals surface area contributed by atoms with E-state index in [1.165, 1.54) is 0 Å². The molecule has 3 atom stereocenters. The molecule has 7 heteroatoms. The SMILES string of the molecule is CCCCS(=O)(=O)N1C[C@@H]2CC[C@]3(N=C(C)N(C)C3=O)[C@@H]2C1. The molecule has 2 aliphatic heterocycles. The van der Waals surface area contributed by atoms with Crippen LogP contribution in [0.3, 0.4) is 0 Å². The summed E-state index contributed by atoms with van der Waals surface area (Å²) in [7, 11) is -1.44. The quantitative estimate of drug-likeness (QED) is 0.776. The van der Waals surface area contributed by atoms with Crippen LogP contribution >= 0.6 is 0 Å². The van der Waals surface area contributed by atoms with Crippen molar-refractivity contribution in [3.05, 3.63) is 0 Å². The summed E-state index contributed by atoms with van der Waals surface area (Å²) in [4.78, 5) is 19.0. The van der Waals surface area contributed by atoms with Crippen molar-refractivity contribution < 1.29 is 13.2 Å². The van der Waals surface area contributed by atoms with Gasteiger partial charge in [0.15, 0.2) is 0 Å². The molecule has 22 heavy (non-hydrogen) atoms. The first-order valence-corrected chi connectivity index (χ1v) is 9.75. The number of amidine groups is 1. The van der Waals surface area contributed by atoms with Gasteiger partial charge in [-0.05, 0) is 32.1 Å². The van der Waals surface area contributed by atoms with Crippen LogP contribution in [-0.4, -0.2) is 60.8 Å². The Morgan fingerprint density at radius 1 is 1.36 bits per heavy atom. The molecule has 6 nitrogen and oxygen atoms in total. The molecule has 0 aromatic carbocycles. The number of sulfonamides is 1. The first-order valence-electron chi connectivity index (χ1n) is 8.14. The van der Waals surface area contributed by atoms with Crippen LogP contribution in [0.5, 0.6) is 0 Å². The molecule has 3 rings (SSSR count). The van der Waals surface area contributed by atoms with Gasteiger partial charge in [-0.1, -0.05) is 13.3 Å². The third-order valence-corrected chi connectivity index (χ3v) is 7.48. The van der Waals surface area contributed by atoms with Crippen molar-refractivity contribution >= 4 is 21.8 Å². The largest absolute Gasteiger partial charge is 0.302 e. The fourth-order valence-corrected chi connectivity index (χ4v) is 5.91. The summed E-state index contributed by atoms with van der Waals surface area (Å²) < 4.78 is 26.5. The molecule has 2 heterocycles. The molecule has 1 saturated carbocycles. The van der Waals surface area contributed by atoms with Crippen molar-refractivity contribution in [2.45, 2.75) is 45.1 Å². The highest BCUT2D eigenvalue weighted by Crippen LogP contribution is 2.50. The van der Waals surface area contributed by atoms with Gasteiger partial charge in [0.1, 0.15) is 11.4 Å². The van der Waals surface area contributed by atoms with Crippen molar-refractivity contribution in [1.29, 1.82) is 0 Å². The van der Waals surface area contributed by atoms with Crippen molar-refractivity contribution in [2.24, 2.45) is 16.8 Å². The number of fused-ring (bicyclic) bond motifs is 2. The van der Waals surface area contributed by atoms with Crippen molar-refractivity contribution in [3.8, 4) is 0 Å². The Bertz CT molecular complexity index is 616. The van der Waals surface area contributed by atoms with Crippen LogP contribution in [0, 0.1) is 11.8 Å². The zero-order valence-corrected chi connectivity index (χ0v) is 14.4. The molecule has 1 aliphatic carbocycles. The molecular formula is C15H25N3O3S. The molecule has 2 fully saturated rings. The van der Waals surface area contributed by atoms with Crippen molar-refractivity contribution in [2.75, 3.05) is 25.9 Å². The molecule has 124 valence electrons. The van der Waals surface area contributed by atoms with E-state index in [1.54, 1.807) is 16.3 Å². The number of rotatable bonds is 4. The minimum absolute atomic E-state index is 0.0382. The summed E-state index contributed by atoms with van der Waals surface area (Å²) in [5.41, 5.74) is -0.696.